The average Bonchev–Trinajstić information content (AvgIpc) is 2.75. The van der Waals surface area contributed by atoms with Crippen LogP contribution < -0.4 is 10.5 Å². The molecule has 0 amide bonds. The minimum Gasteiger partial charge on any atom is -0.496 e. The number of rotatable bonds is 3. The molecule has 0 spiro atoms. The first kappa shape index (κ1) is 12.6. The molecule has 0 bridgehead atoms. The van der Waals surface area contributed by atoms with Crippen molar-refractivity contribution in [3.05, 3.63) is 50.1 Å². The molecule has 2 aromatic rings. The Bertz CT molecular complexity index is 524. The third-order valence-corrected chi connectivity index (χ3v) is 4.25. The van der Waals surface area contributed by atoms with E-state index in [2.05, 4.69) is 33.4 Å². The molecule has 90 valence electrons. The third-order valence-electron chi connectivity index (χ3n) is 2.72. The minimum absolute atomic E-state index is 0.0813. The molecule has 17 heavy (non-hydrogen) atoms. The highest BCUT2D eigenvalue weighted by atomic mass is 79.9. The van der Waals surface area contributed by atoms with Crippen LogP contribution in [0, 0.1) is 6.92 Å². The fourth-order valence-electron chi connectivity index (χ4n) is 1.77. The molecule has 2 N–H and O–H groups in total. The Morgan fingerprint density at radius 1 is 1.29 bits per heavy atom. The summed E-state index contributed by atoms with van der Waals surface area (Å²) in [6, 6.07) is 8.04. The van der Waals surface area contributed by atoms with Gasteiger partial charge in [0.15, 0.2) is 0 Å². The van der Waals surface area contributed by atoms with E-state index >= 15 is 0 Å². The van der Waals surface area contributed by atoms with Crippen molar-refractivity contribution < 1.29 is 4.74 Å². The van der Waals surface area contributed by atoms with Gasteiger partial charge in [-0.1, -0.05) is 12.1 Å². The molecule has 0 aliphatic heterocycles. The molecule has 0 saturated heterocycles. The lowest BCUT2D eigenvalue weighted by molar-refractivity contribution is 0.411. The van der Waals surface area contributed by atoms with Gasteiger partial charge in [-0.25, -0.2) is 0 Å². The number of nitrogens with two attached hydrogens (primary N) is 1. The number of hydrogen-bond acceptors (Lipinski definition) is 3. The van der Waals surface area contributed by atoms with E-state index in [0.717, 1.165) is 26.2 Å². The zero-order chi connectivity index (χ0) is 12.4. The molecular weight excluding hydrogens is 298 g/mol. The van der Waals surface area contributed by atoms with Crippen molar-refractivity contribution in [1.82, 2.24) is 0 Å². The molecule has 1 aromatic heterocycles. The van der Waals surface area contributed by atoms with Gasteiger partial charge < -0.3 is 10.5 Å². The maximum absolute atomic E-state index is 6.24. The van der Waals surface area contributed by atoms with Crippen LogP contribution in [0.15, 0.2) is 33.4 Å². The van der Waals surface area contributed by atoms with Crippen molar-refractivity contribution in [2.45, 2.75) is 13.0 Å². The van der Waals surface area contributed by atoms with Gasteiger partial charge in [-0.15, -0.1) is 11.3 Å². The Hall–Kier alpha value is -0.840. The molecule has 2 nitrogen and oxygen atoms in total. The number of methoxy groups -OCH3 is 1. The second-order valence-electron chi connectivity index (χ2n) is 3.89. The van der Waals surface area contributed by atoms with E-state index in [1.807, 2.05) is 19.1 Å². The maximum atomic E-state index is 6.24. The van der Waals surface area contributed by atoms with Gasteiger partial charge >= 0.3 is 0 Å². The molecule has 0 aliphatic rings. The van der Waals surface area contributed by atoms with E-state index in [0.29, 0.717) is 0 Å². The number of ether oxygens (including phenoxy) is 1. The fraction of sp³-hybridized carbons (Fsp3) is 0.231. The minimum atomic E-state index is -0.0813. The third kappa shape index (κ3) is 2.70. The van der Waals surface area contributed by atoms with Crippen LogP contribution in [0.5, 0.6) is 5.75 Å². The zero-order valence-corrected chi connectivity index (χ0v) is 12.1. The lowest BCUT2D eigenvalue weighted by atomic mass is 10.0. The van der Waals surface area contributed by atoms with Crippen molar-refractivity contribution in [3.63, 3.8) is 0 Å². The van der Waals surface area contributed by atoms with Gasteiger partial charge in [0.1, 0.15) is 5.75 Å². The monoisotopic (exact) mass is 311 g/mol. The topological polar surface area (TPSA) is 35.2 Å². The highest BCUT2D eigenvalue weighted by Gasteiger charge is 2.12. The summed E-state index contributed by atoms with van der Waals surface area (Å²) in [4.78, 5) is 0. The summed E-state index contributed by atoms with van der Waals surface area (Å²) in [7, 11) is 1.68. The van der Waals surface area contributed by atoms with Crippen molar-refractivity contribution >= 4 is 27.3 Å². The van der Waals surface area contributed by atoms with Crippen molar-refractivity contribution in [2.75, 3.05) is 7.11 Å². The lowest BCUT2D eigenvalue weighted by Crippen LogP contribution is -2.11. The van der Waals surface area contributed by atoms with E-state index in [4.69, 9.17) is 10.5 Å². The summed E-state index contributed by atoms with van der Waals surface area (Å²) in [6.45, 7) is 2.03. The summed E-state index contributed by atoms with van der Waals surface area (Å²) in [5, 5.41) is 2.08. The van der Waals surface area contributed by atoms with Crippen LogP contribution in [0.1, 0.15) is 22.7 Å². The van der Waals surface area contributed by atoms with Gasteiger partial charge in [0.2, 0.25) is 0 Å². The van der Waals surface area contributed by atoms with E-state index in [9.17, 15) is 0 Å². The summed E-state index contributed by atoms with van der Waals surface area (Å²) in [5.74, 6) is 0.896. The number of benzene rings is 1. The Balaban J connectivity index is 2.31. The second kappa shape index (κ2) is 5.21. The molecule has 0 aliphatic carbocycles. The summed E-state index contributed by atoms with van der Waals surface area (Å²) >= 11 is 5.10. The molecule has 0 fully saturated rings. The highest BCUT2D eigenvalue weighted by Crippen LogP contribution is 2.29. The van der Waals surface area contributed by atoms with Gasteiger partial charge in [-0.3, -0.25) is 0 Å². The Morgan fingerprint density at radius 2 is 2.06 bits per heavy atom. The predicted octanol–water partition coefficient (Wildman–Crippen LogP) is 3.88. The van der Waals surface area contributed by atoms with Crippen molar-refractivity contribution in [2.24, 2.45) is 5.73 Å². The summed E-state index contributed by atoms with van der Waals surface area (Å²) < 4.78 is 6.35. The predicted molar refractivity (Wildman–Crippen MR) is 75.8 cm³/mol. The number of thiophene rings is 1. The Labute approximate surface area is 114 Å². The van der Waals surface area contributed by atoms with Crippen LogP contribution in [0.25, 0.3) is 0 Å². The number of halogens is 1. The van der Waals surface area contributed by atoms with Crippen molar-refractivity contribution in [1.29, 1.82) is 0 Å². The smallest absolute Gasteiger partial charge is 0.121 e. The Kier molecular flexibility index (Phi) is 3.86. The molecule has 4 heteroatoms. The molecule has 0 saturated carbocycles. The molecule has 1 unspecified atom stereocenters. The number of aryl methyl sites for hydroxylation is 1. The van der Waals surface area contributed by atoms with Crippen LogP contribution in [0.2, 0.25) is 0 Å². The molecule has 1 atom stereocenters. The van der Waals surface area contributed by atoms with Gasteiger partial charge in [-0.05, 0) is 57.1 Å². The quantitative estimate of drug-likeness (QED) is 0.933. The fourth-order valence-corrected chi connectivity index (χ4v) is 2.99. The summed E-state index contributed by atoms with van der Waals surface area (Å²) in [5.41, 5.74) is 9.58. The Morgan fingerprint density at radius 3 is 2.59 bits per heavy atom. The highest BCUT2D eigenvalue weighted by molar-refractivity contribution is 9.11. The van der Waals surface area contributed by atoms with E-state index in [-0.39, 0.29) is 6.04 Å². The molecule has 0 radical (unpaired) electrons. The van der Waals surface area contributed by atoms with Gasteiger partial charge in [0, 0.05) is 0 Å². The van der Waals surface area contributed by atoms with Crippen LogP contribution in [-0.2, 0) is 0 Å². The van der Waals surface area contributed by atoms with Crippen molar-refractivity contribution in [3.8, 4) is 5.75 Å². The standard InChI is InChI=1S/C13H14BrNOS/c1-8-5-9(3-4-11(8)16-2)13(15)10-6-12(14)17-7-10/h3-7,13H,15H2,1-2H3. The first-order valence-corrected chi connectivity index (χ1v) is 6.93. The van der Waals surface area contributed by atoms with Crippen LogP contribution in [0.4, 0.5) is 0 Å². The zero-order valence-electron chi connectivity index (χ0n) is 9.74. The van der Waals surface area contributed by atoms with Crippen LogP contribution >= 0.6 is 27.3 Å². The van der Waals surface area contributed by atoms with Gasteiger partial charge in [-0.2, -0.15) is 0 Å². The maximum Gasteiger partial charge on any atom is 0.121 e. The van der Waals surface area contributed by atoms with Crippen LogP contribution in [0.3, 0.4) is 0 Å². The first-order valence-electron chi connectivity index (χ1n) is 5.26. The van der Waals surface area contributed by atoms with E-state index in [1.54, 1.807) is 18.4 Å². The van der Waals surface area contributed by atoms with Crippen LogP contribution in [-0.4, -0.2) is 7.11 Å². The molecular formula is C13H14BrNOS. The molecule has 2 rings (SSSR count). The van der Waals surface area contributed by atoms with E-state index in [1.165, 1.54) is 0 Å². The number of hydrogen-bond donors (Lipinski definition) is 1. The average molecular weight is 312 g/mol. The largest absolute Gasteiger partial charge is 0.496 e. The lowest BCUT2D eigenvalue weighted by Gasteiger charge is -2.13. The van der Waals surface area contributed by atoms with E-state index < -0.39 is 0 Å². The normalized spacial score (nSPS) is 12.5. The second-order valence-corrected chi connectivity index (χ2v) is 6.18. The van der Waals surface area contributed by atoms with Gasteiger partial charge in [0.05, 0.1) is 16.9 Å². The molecule has 1 heterocycles. The summed E-state index contributed by atoms with van der Waals surface area (Å²) in [6.07, 6.45) is 0. The molecule has 1 aromatic carbocycles. The SMILES string of the molecule is COc1ccc(C(N)c2csc(Br)c2)cc1C. The first-order chi connectivity index (χ1) is 8.11. The van der Waals surface area contributed by atoms with Gasteiger partial charge in [0.25, 0.3) is 0 Å².